The van der Waals surface area contributed by atoms with Crippen molar-refractivity contribution in [2.45, 2.75) is 6.92 Å². The summed E-state index contributed by atoms with van der Waals surface area (Å²) in [5, 5.41) is 3.78. The highest BCUT2D eigenvalue weighted by Gasteiger charge is 2.14. The summed E-state index contributed by atoms with van der Waals surface area (Å²) < 4.78 is 14.9. The van der Waals surface area contributed by atoms with E-state index < -0.39 is 11.7 Å². The van der Waals surface area contributed by atoms with Gasteiger partial charge in [-0.2, -0.15) is 5.10 Å². The zero-order chi connectivity index (χ0) is 14.2. The summed E-state index contributed by atoms with van der Waals surface area (Å²) >= 11 is 0. The van der Waals surface area contributed by atoms with Crippen LogP contribution in [0.25, 0.3) is 11.1 Å². The minimum Gasteiger partial charge on any atom is -0.366 e. The number of hydrogen-bond acceptors (Lipinski definition) is 3. The Morgan fingerprint density at radius 2 is 2.11 bits per heavy atom. The fraction of sp³-hybridized carbons (Fsp3) is 0.154. The van der Waals surface area contributed by atoms with Gasteiger partial charge >= 0.3 is 0 Å². The van der Waals surface area contributed by atoms with Gasteiger partial charge in [-0.25, -0.2) is 9.07 Å². The van der Waals surface area contributed by atoms with Crippen molar-refractivity contribution in [3.63, 3.8) is 0 Å². The Balaban J connectivity index is 2.74. The Morgan fingerprint density at radius 3 is 2.74 bits per heavy atom. The number of carbonyl (C=O) groups excluding carboxylic acids is 1. The van der Waals surface area contributed by atoms with E-state index in [0.717, 1.165) is 4.68 Å². The highest BCUT2D eigenvalue weighted by molar-refractivity contribution is 5.95. The summed E-state index contributed by atoms with van der Waals surface area (Å²) in [5.41, 5.74) is 5.62. The molecule has 0 fully saturated rings. The third-order valence-electron chi connectivity index (χ3n) is 2.93. The fourth-order valence-corrected chi connectivity index (χ4v) is 1.82. The number of rotatable bonds is 2. The van der Waals surface area contributed by atoms with Crippen molar-refractivity contribution in [2.75, 3.05) is 0 Å². The molecule has 0 radical (unpaired) electrons. The van der Waals surface area contributed by atoms with E-state index in [2.05, 4.69) is 5.10 Å². The van der Waals surface area contributed by atoms with E-state index in [9.17, 15) is 14.0 Å². The van der Waals surface area contributed by atoms with E-state index in [1.165, 1.54) is 38.4 Å². The minimum absolute atomic E-state index is 0.0638. The number of primary amides is 1. The van der Waals surface area contributed by atoms with Gasteiger partial charge in [0.2, 0.25) is 5.91 Å². The van der Waals surface area contributed by atoms with Gasteiger partial charge in [0.1, 0.15) is 5.82 Å². The molecule has 0 aliphatic carbocycles. The smallest absolute Gasteiger partial charge is 0.274 e. The van der Waals surface area contributed by atoms with Crippen LogP contribution in [0.5, 0.6) is 0 Å². The Kier molecular flexibility index (Phi) is 3.16. The van der Waals surface area contributed by atoms with Crippen LogP contribution in [0, 0.1) is 12.7 Å². The van der Waals surface area contributed by atoms with Gasteiger partial charge in [0.15, 0.2) is 0 Å². The van der Waals surface area contributed by atoms with Crippen LogP contribution in [-0.4, -0.2) is 15.7 Å². The van der Waals surface area contributed by atoms with Crippen molar-refractivity contribution < 1.29 is 9.18 Å². The van der Waals surface area contributed by atoms with Crippen LogP contribution in [0.4, 0.5) is 4.39 Å². The molecule has 1 amide bonds. The number of amides is 1. The highest BCUT2D eigenvalue weighted by Crippen LogP contribution is 2.22. The Labute approximate surface area is 108 Å². The second-order valence-corrected chi connectivity index (χ2v) is 4.17. The third kappa shape index (κ3) is 2.24. The van der Waals surface area contributed by atoms with E-state index in [-0.39, 0.29) is 22.2 Å². The molecule has 1 aromatic heterocycles. The molecule has 6 heteroatoms. The molecule has 0 bridgehead atoms. The first-order valence-corrected chi connectivity index (χ1v) is 5.54. The Morgan fingerprint density at radius 1 is 1.42 bits per heavy atom. The molecule has 0 atom stereocenters. The number of halogens is 1. The first-order chi connectivity index (χ1) is 8.91. The lowest BCUT2D eigenvalue weighted by Gasteiger charge is -2.08. The zero-order valence-corrected chi connectivity index (χ0v) is 10.5. The standard InChI is InChI=1S/C13H12FN3O2/c1-7-10(12(15)18)5-8(6-11(7)14)9-3-4-16-17(2)13(9)19/h3-6H,1-2H3,(H2,15,18). The molecule has 0 unspecified atom stereocenters. The van der Waals surface area contributed by atoms with Crippen molar-refractivity contribution in [3.05, 3.63) is 51.7 Å². The van der Waals surface area contributed by atoms with Crippen LogP contribution < -0.4 is 11.3 Å². The van der Waals surface area contributed by atoms with E-state index in [4.69, 9.17) is 5.73 Å². The van der Waals surface area contributed by atoms with Gasteiger partial charge in [-0.15, -0.1) is 0 Å². The molecule has 98 valence electrons. The van der Waals surface area contributed by atoms with Crippen molar-refractivity contribution in [1.29, 1.82) is 0 Å². The second-order valence-electron chi connectivity index (χ2n) is 4.17. The van der Waals surface area contributed by atoms with Crippen LogP contribution >= 0.6 is 0 Å². The molecule has 0 saturated heterocycles. The maximum absolute atomic E-state index is 13.8. The average molecular weight is 261 g/mol. The van der Waals surface area contributed by atoms with E-state index in [1.54, 1.807) is 0 Å². The summed E-state index contributed by atoms with van der Waals surface area (Å²) in [6, 6.07) is 4.09. The number of aryl methyl sites for hydroxylation is 1. The first kappa shape index (κ1) is 12.9. The van der Waals surface area contributed by atoms with Crippen LogP contribution in [0.2, 0.25) is 0 Å². The van der Waals surface area contributed by atoms with E-state index >= 15 is 0 Å². The minimum atomic E-state index is -0.732. The molecule has 0 aliphatic rings. The van der Waals surface area contributed by atoms with Crippen molar-refractivity contribution >= 4 is 5.91 Å². The molecule has 19 heavy (non-hydrogen) atoms. The number of nitrogens with two attached hydrogens (primary N) is 1. The van der Waals surface area contributed by atoms with Gasteiger partial charge in [0.25, 0.3) is 5.56 Å². The average Bonchev–Trinajstić information content (AvgIpc) is 2.35. The largest absolute Gasteiger partial charge is 0.366 e. The van der Waals surface area contributed by atoms with Crippen LogP contribution in [0.15, 0.2) is 29.2 Å². The summed E-state index contributed by atoms with van der Waals surface area (Å²) in [6.07, 6.45) is 1.43. The molecular formula is C13H12FN3O2. The predicted molar refractivity (Wildman–Crippen MR) is 68.1 cm³/mol. The Bertz CT molecular complexity index is 722. The van der Waals surface area contributed by atoms with Crippen molar-refractivity contribution in [3.8, 4) is 11.1 Å². The molecule has 5 nitrogen and oxygen atoms in total. The van der Waals surface area contributed by atoms with Gasteiger partial charge in [0.05, 0.1) is 5.56 Å². The summed E-state index contributed by atoms with van der Waals surface area (Å²) in [6.45, 7) is 1.46. The molecule has 2 N–H and O–H groups in total. The van der Waals surface area contributed by atoms with Gasteiger partial charge in [-0.05, 0) is 36.2 Å². The number of nitrogens with zero attached hydrogens (tertiary/aromatic N) is 2. The van der Waals surface area contributed by atoms with Crippen LogP contribution in [0.3, 0.4) is 0 Å². The molecule has 0 aliphatic heterocycles. The SMILES string of the molecule is Cc1c(F)cc(-c2ccnn(C)c2=O)cc1C(N)=O. The second kappa shape index (κ2) is 4.64. The molecule has 2 rings (SSSR count). The lowest BCUT2D eigenvalue weighted by Crippen LogP contribution is -2.21. The van der Waals surface area contributed by atoms with E-state index in [0.29, 0.717) is 5.56 Å². The quantitative estimate of drug-likeness (QED) is 0.875. The maximum atomic E-state index is 13.8. The molecule has 1 aromatic carbocycles. The third-order valence-corrected chi connectivity index (χ3v) is 2.93. The predicted octanol–water partition coefficient (Wildman–Crippen LogP) is 0.994. The lowest BCUT2D eigenvalue weighted by atomic mass is 10.00. The highest BCUT2D eigenvalue weighted by atomic mass is 19.1. The molecule has 0 spiro atoms. The fourth-order valence-electron chi connectivity index (χ4n) is 1.82. The number of aromatic nitrogens is 2. The van der Waals surface area contributed by atoms with Crippen LogP contribution in [0.1, 0.15) is 15.9 Å². The number of benzene rings is 1. The Hall–Kier alpha value is -2.50. The summed E-state index contributed by atoms with van der Waals surface area (Å²) in [7, 11) is 1.49. The zero-order valence-electron chi connectivity index (χ0n) is 10.5. The maximum Gasteiger partial charge on any atom is 0.274 e. The van der Waals surface area contributed by atoms with Crippen molar-refractivity contribution in [1.82, 2.24) is 9.78 Å². The van der Waals surface area contributed by atoms with Gasteiger partial charge < -0.3 is 5.73 Å². The van der Waals surface area contributed by atoms with Gasteiger partial charge in [-0.1, -0.05) is 0 Å². The first-order valence-electron chi connectivity index (χ1n) is 5.54. The normalized spacial score (nSPS) is 10.5. The topological polar surface area (TPSA) is 78.0 Å². The molecule has 2 aromatic rings. The number of hydrogen-bond donors (Lipinski definition) is 1. The van der Waals surface area contributed by atoms with Crippen LogP contribution in [-0.2, 0) is 7.05 Å². The summed E-state index contributed by atoms with van der Waals surface area (Å²) in [5.74, 6) is -1.31. The molecular weight excluding hydrogens is 249 g/mol. The number of carbonyl (C=O) groups is 1. The monoisotopic (exact) mass is 261 g/mol. The molecule has 1 heterocycles. The van der Waals surface area contributed by atoms with Crippen molar-refractivity contribution in [2.24, 2.45) is 12.8 Å². The summed E-state index contributed by atoms with van der Waals surface area (Å²) in [4.78, 5) is 23.2. The molecule has 0 saturated carbocycles. The lowest BCUT2D eigenvalue weighted by molar-refractivity contribution is 0.0999. The van der Waals surface area contributed by atoms with E-state index in [1.807, 2.05) is 0 Å². The van der Waals surface area contributed by atoms with Gasteiger partial charge in [0, 0.05) is 18.8 Å². The van der Waals surface area contributed by atoms with Gasteiger partial charge in [-0.3, -0.25) is 9.59 Å².